The van der Waals surface area contributed by atoms with E-state index in [-0.39, 0.29) is 61.4 Å². The first kappa shape index (κ1) is 40.7. The Kier molecular flexibility index (Phi) is 11.6. The third-order valence-corrected chi connectivity index (χ3v) is 16.1. The summed E-state index contributed by atoms with van der Waals surface area (Å²) in [7, 11) is -2.35. The Bertz CT molecular complexity index is 2070. The van der Waals surface area contributed by atoms with Crippen molar-refractivity contribution in [3.63, 3.8) is 0 Å². The Morgan fingerprint density at radius 3 is 2.55 bits per heavy atom. The maximum atomic E-state index is 14.8. The summed E-state index contributed by atoms with van der Waals surface area (Å²) in [4.78, 5) is 68.7. The molecule has 3 saturated carbocycles. The van der Waals surface area contributed by atoms with E-state index in [1.165, 1.54) is 0 Å². The van der Waals surface area contributed by atoms with Crippen molar-refractivity contribution >= 4 is 44.6 Å². The van der Waals surface area contributed by atoms with Gasteiger partial charge in [0.2, 0.25) is 27.7 Å². The highest BCUT2D eigenvalue weighted by atomic mass is 32.2. The highest BCUT2D eigenvalue weighted by molar-refractivity contribution is 7.91. The van der Waals surface area contributed by atoms with E-state index in [0.717, 1.165) is 70.6 Å². The van der Waals surface area contributed by atoms with Gasteiger partial charge in [-0.3, -0.25) is 23.9 Å². The molecule has 3 bridgehead atoms. The third kappa shape index (κ3) is 8.49. The van der Waals surface area contributed by atoms with E-state index >= 15 is 0 Å². The second kappa shape index (κ2) is 16.5. The van der Waals surface area contributed by atoms with Crippen molar-refractivity contribution in [2.75, 3.05) is 13.7 Å². The number of allylic oxidation sites excluding steroid dienone is 2. The number of aryl methyl sites for hydroxylation is 1. The minimum Gasteiger partial charge on any atom is -0.497 e. The fourth-order valence-electron chi connectivity index (χ4n) is 9.80. The van der Waals surface area contributed by atoms with Gasteiger partial charge in [0.25, 0.3) is 0 Å². The molecule has 0 radical (unpaired) electrons. The van der Waals surface area contributed by atoms with Crippen LogP contribution in [0.5, 0.6) is 11.6 Å². The van der Waals surface area contributed by atoms with Crippen LogP contribution in [-0.4, -0.2) is 83.5 Å². The first-order valence-corrected chi connectivity index (χ1v) is 23.1. The number of sulfonamides is 1. The molecule has 1 aromatic heterocycles. The quantitative estimate of drug-likeness (QED) is 0.271. The first-order chi connectivity index (χ1) is 27.9. The number of fused-ring (bicyclic) bond motifs is 6. The predicted octanol–water partition coefficient (Wildman–Crippen LogP) is 6.31. The second-order valence-electron chi connectivity index (χ2n) is 18.1. The zero-order chi connectivity index (χ0) is 40.7. The molecule has 14 heteroatoms. The maximum Gasteiger partial charge on any atom is 0.306 e. The SMILES string of the molecule is COc1ccc2nc3c(nc2c1)O[C@@H]1C[C@H]2C(=O)C[C@]4(C(=O)NS(=O)(=O)C5(C)CC5)C[C@H]4C=CCCCCC[C@H](CC(=O)O[C@@H]4CCC[C@H]4CCCCC3)C(=O)N2C1. The molecule has 2 amide bonds. The molecule has 1 aromatic carbocycles. The lowest BCUT2D eigenvalue weighted by Gasteiger charge is -2.29. The van der Waals surface area contributed by atoms with Crippen molar-refractivity contribution in [3.8, 4) is 11.6 Å². The van der Waals surface area contributed by atoms with Crippen LogP contribution in [0.25, 0.3) is 11.0 Å². The van der Waals surface area contributed by atoms with E-state index in [2.05, 4.69) is 4.72 Å². The second-order valence-corrected chi connectivity index (χ2v) is 20.3. The van der Waals surface area contributed by atoms with Gasteiger partial charge in [-0.2, -0.15) is 0 Å². The fraction of sp³-hybridized carbons (Fsp3) is 0.682. The molecule has 1 saturated heterocycles. The zero-order valence-electron chi connectivity index (χ0n) is 33.9. The van der Waals surface area contributed by atoms with Crippen LogP contribution in [0.3, 0.4) is 0 Å². The molecule has 58 heavy (non-hydrogen) atoms. The van der Waals surface area contributed by atoms with E-state index < -0.39 is 44.2 Å². The average molecular weight is 819 g/mol. The molecule has 7 atom stereocenters. The van der Waals surface area contributed by atoms with Crippen molar-refractivity contribution in [2.24, 2.45) is 23.2 Å². The number of nitrogens with zero attached hydrogens (tertiary/aromatic N) is 3. The van der Waals surface area contributed by atoms with E-state index in [0.29, 0.717) is 60.5 Å². The lowest BCUT2D eigenvalue weighted by atomic mass is 9.90. The Hall–Kier alpha value is -4.07. The average Bonchev–Trinajstić information content (AvgIpc) is 4.00. The van der Waals surface area contributed by atoms with Gasteiger partial charge in [-0.05, 0) is 108 Å². The van der Waals surface area contributed by atoms with Crippen LogP contribution in [0.4, 0.5) is 0 Å². The standard InChI is InChI=1S/C44H58N4O9S/c1-43(20-21-43)58(53,54)47-42(52)44-25-30(44)15-9-5-3-4-7-13-29-22-39(50)57-38-17-11-14-28(38)12-8-6-10-16-34-40(46-35-23-31(55-2)18-19-33(35)45-34)56-32-24-36(37(49)26-44)48(27-32)41(29)51/h9,15,18-19,23,28-30,32,36,38H,3-8,10-14,16-17,20-22,24-27H2,1-2H3,(H,47,52)/t28-,29-,30-,32-,36+,38-,44-/m1/s1. The molecule has 0 unspecified atom stereocenters. The van der Waals surface area contributed by atoms with Crippen molar-refractivity contribution in [1.82, 2.24) is 19.6 Å². The van der Waals surface area contributed by atoms with Crippen LogP contribution in [-0.2, 0) is 40.4 Å². The smallest absolute Gasteiger partial charge is 0.306 e. The van der Waals surface area contributed by atoms with Gasteiger partial charge in [0.1, 0.15) is 23.7 Å². The zero-order valence-corrected chi connectivity index (χ0v) is 34.7. The van der Waals surface area contributed by atoms with Gasteiger partial charge in [-0.1, -0.05) is 37.8 Å². The minimum absolute atomic E-state index is 0.0714. The topological polar surface area (TPSA) is 171 Å². The molecule has 1 N–H and O–H groups in total. The molecule has 2 aromatic rings. The number of carbonyl (C=O) groups excluding carboxylic acids is 4. The predicted molar refractivity (Wildman–Crippen MR) is 215 cm³/mol. The molecule has 3 aliphatic carbocycles. The number of benzene rings is 1. The Balaban J connectivity index is 1.14. The van der Waals surface area contributed by atoms with Gasteiger partial charge in [0.15, 0.2) is 5.78 Å². The molecule has 13 nitrogen and oxygen atoms in total. The fourth-order valence-corrected chi connectivity index (χ4v) is 11.1. The molecule has 0 spiro atoms. The molecule has 4 fully saturated rings. The number of rotatable bonds is 4. The van der Waals surface area contributed by atoms with Gasteiger partial charge >= 0.3 is 5.97 Å². The van der Waals surface area contributed by atoms with Crippen LogP contribution in [0.15, 0.2) is 30.4 Å². The Morgan fingerprint density at radius 1 is 0.948 bits per heavy atom. The number of esters is 1. The summed E-state index contributed by atoms with van der Waals surface area (Å²) < 4.78 is 46.2. The first-order valence-electron chi connectivity index (χ1n) is 21.7. The van der Waals surface area contributed by atoms with Crippen LogP contribution in [0, 0.1) is 23.2 Å². The summed E-state index contributed by atoms with van der Waals surface area (Å²) in [6, 6.07) is 4.58. The van der Waals surface area contributed by atoms with E-state index in [1.54, 1.807) is 25.0 Å². The normalized spacial score (nSPS) is 32.0. The molecule has 8 rings (SSSR count). The van der Waals surface area contributed by atoms with Crippen LogP contribution < -0.4 is 14.2 Å². The largest absolute Gasteiger partial charge is 0.497 e. The molecule has 4 heterocycles. The van der Waals surface area contributed by atoms with Crippen LogP contribution >= 0.6 is 0 Å². The van der Waals surface area contributed by atoms with Crippen LogP contribution in [0.2, 0.25) is 0 Å². The van der Waals surface area contributed by atoms with E-state index in [1.807, 2.05) is 24.3 Å². The van der Waals surface area contributed by atoms with Crippen molar-refractivity contribution in [2.45, 2.75) is 152 Å². The van der Waals surface area contributed by atoms with Crippen LogP contribution in [0.1, 0.15) is 128 Å². The van der Waals surface area contributed by atoms with Gasteiger partial charge in [0.05, 0.1) is 47.3 Å². The molecule has 6 aliphatic rings. The number of amides is 2. The highest BCUT2D eigenvalue weighted by Crippen LogP contribution is 2.57. The number of nitrogens with one attached hydrogen (secondary N) is 1. The number of ether oxygens (including phenoxy) is 3. The molecular formula is C44H58N4O9S. The number of hydrogen-bond donors (Lipinski definition) is 1. The van der Waals surface area contributed by atoms with Gasteiger partial charge in [0, 0.05) is 24.8 Å². The lowest BCUT2D eigenvalue weighted by Crippen LogP contribution is -2.47. The molecule has 314 valence electrons. The summed E-state index contributed by atoms with van der Waals surface area (Å²) in [6.45, 7) is 1.71. The highest BCUT2D eigenvalue weighted by Gasteiger charge is 2.62. The van der Waals surface area contributed by atoms with Gasteiger partial charge in [-0.15, -0.1) is 0 Å². The monoisotopic (exact) mass is 818 g/mol. The Labute approximate surface area is 341 Å². The maximum absolute atomic E-state index is 14.8. The van der Waals surface area contributed by atoms with Gasteiger partial charge < -0.3 is 19.1 Å². The summed E-state index contributed by atoms with van der Waals surface area (Å²) in [5.41, 5.74) is 0.771. The van der Waals surface area contributed by atoms with E-state index in [4.69, 9.17) is 24.2 Å². The number of aromatic nitrogens is 2. The number of carbonyl (C=O) groups is 4. The van der Waals surface area contributed by atoms with Crippen molar-refractivity contribution in [3.05, 3.63) is 36.0 Å². The summed E-state index contributed by atoms with van der Waals surface area (Å²) >= 11 is 0. The Morgan fingerprint density at radius 2 is 1.74 bits per heavy atom. The lowest BCUT2D eigenvalue weighted by molar-refractivity contribution is -0.155. The molecule has 3 aliphatic heterocycles. The van der Waals surface area contributed by atoms with Gasteiger partial charge in [-0.25, -0.2) is 18.4 Å². The number of Topliss-reactive ketones (excluding diaryl/α,β-unsaturated/α-hetero) is 1. The summed E-state index contributed by atoms with van der Waals surface area (Å²) in [5, 5.41) is 0. The third-order valence-electron chi connectivity index (χ3n) is 13.9. The minimum atomic E-state index is -3.94. The van der Waals surface area contributed by atoms with Crippen molar-refractivity contribution in [1.29, 1.82) is 0 Å². The molecular weight excluding hydrogens is 761 g/mol. The van der Waals surface area contributed by atoms with E-state index in [9.17, 15) is 27.6 Å². The number of hydrogen-bond acceptors (Lipinski definition) is 11. The number of ketones is 1. The summed E-state index contributed by atoms with van der Waals surface area (Å²) in [6.07, 6.45) is 15.2. The summed E-state index contributed by atoms with van der Waals surface area (Å²) in [5.74, 6) is -1.40. The van der Waals surface area contributed by atoms with Crippen molar-refractivity contribution < 1.29 is 41.8 Å². The number of methoxy groups -OCH3 is 1.